The number of benzene rings is 1. The average molecular weight is 330 g/mol. The van der Waals surface area contributed by atoms with Crippen molar-refractivity contribution in [3.05, 3.63) is 33.8 Å². The molecule has 0 saturated carbocycles. The fourth-order valence-corrected chi connectivity index (χ4v) is 3.18. The minimum atomic E-state index is 0.393. The molecule has 0 aromatic heterocycles. The second-order valence-electron chi connectivity index (χ2n) is 4.78. The summed E-state index contributed by atoms with van der Waals surface area (Å²) in [6, 6.07) is 6.56. The van der Waals surface area contributed by atoms with Gasteiger partial charge in [0.25, 0.3) is 0 Å². The summed E-state index contributed by atoms with van der Waals surface area (Å²) in [7, 11) is 0. The maximum absolute atomic E-state index is 3.61. The largest absolute Gasteiger partial charge is 0.311 e. The lowest BCUT2D eigenvalue weighted by Gasteiger charge is -2.30. The van der Waals surface area contributed by atoms with Crippen LogP contribution in [-0.4, -0.2) is 17.5 Å². The average Bonchev–Trinajstić information content (AvgIpc) is 2.39. The fourth-order valence-electron chi connectivity index (χ4n) is 2.11. The summed E-state index contributed by atoms with van der Waals surface area (Å²) in [6.07, 6.45) is 4.66. The number of halogens is 1. The highest BCUT2D eigenvalue weighted by molar-refractivity contribution is 9.10. The van der Waals surface area contributed by atoms with Crippen molar-refractivity contribution in [1.82, 2.24) is 5.32 Å². The summed E-state index contributed by atoms with van der Waals surface area (Å²) < 4.78 is 1.58. The lowest BCUT2D eigenvalue weighted by Crippen LogP contribution is -2.36. The van der Waals surface area contributed by atoms with Crippen LogP contribution < -0.4 is 5.32 Å². The topological polar surface area (TPSA) is 12.0 Å². The minimum absolute atomic E-state index is 0.393. The minimum Gasteiger partial charge on any atom is -0.311 e. The monoisotopic (exact) mass is 329 g/mol. The van der Waals surface area contributed by atoms with Crippen molar-refractivity contribution in [1.29, 1.82) is 0 Å². The molecule has 1 rings (SSSR count). The molecule has 3 heteroatoms. The van der Waals surface area contributed by atoms with E-state index in [4.69, 9.17) is 0 Å². The van der Waals surface area contributed by atoms with Gasteiger partial charge in [0.15, 0.2) is 0 Å². The first-order valence-electron chi connectivity index (χ1n) is 6.57. The van der Waals surface area contributed by atoms with Gasteiger partial charge in [-0.05, 0) is 43.2 Å². The normalized spacial score (nSPS) is 11.8. The standard InChI is InChI=1S/C15H24BrNS/c1-5-15(6-2,18-4)11-17-10-13-7-8-14(16)12(3)9-13/h7-9,17H,5-6,10-11H2,1-4H3. The van der Waals surface area contributed by atoms with Crippen molar-refractivity contribution in [2.75, 3.05) is 12.8 Å². The second kappa shape index (κ2) is 7.56. The van der Waals surface area contributed by atoms with E-state index in [2.05, 4.69) is 66.5 Å². The van der Waals surface area contributed by atoms with Gasteiger partial charge in [-0.15, -0.1) is 0 Å². The maximum Gasteiger partial charge on any atom is 0.0276 e. The zero-order valence-electron chi connectivity index (χ0n) is 11.8. The van der Waals surface area contributed by atoms with E-state index < -0.39 is 0 Å². The van der Waals surface area contributed by atoms with Crippen LogP contribution in [0.25, 0.3) is 0 Å². The van der Waals surface area contributed by atoms with Gasteiger partial charge in [0.1, 0.15) is 0 Å². The summed E-state index contributed by atoms with van der Waals surface area (Å²) >= 11 is 5.53. The van der Waals surface area contributed by atoms with Crippen LogP contribution in [0.2, 0.25) is 0 Å². The maximum atomic E-state index is 3.61. The Balaban J connectivity index is 2.52. The molecule has 18 heavy (non-hydrogen) atoms. The Bertz CT molecular complexity index is 366. The van der Waals surface area contributed by atoms with Crippen LogP contribution in [0.1, 0.15) is 37.8 Å². The highest BCUT2D eigenvalue weighted by Gasteiger charge is 2.23. The van der Waals surface area contributed by atoms with Crippen molar-refractivity contribution in [3.63, 3.8) is 0 Å². The summed E-state index contributed by atoms with van der Waals surface area (Å²) in [4.78, 5) is 0. The van der Waals surface area contributed by atoms with Crippen LogP contribution in [0.3, 0.4) is 0 Å². The number of aryl methyl sites for hydroxylation is 1. The zero-order valence-corrected chi connectivity index (χ0v) is 14.2. The van der Waals surface area contributed by atoms with Gasteiger partial charge in [0.2, 0.25) is 0 Å². The number of hydrogen-bond donors (Lipinski definition) is 1. The quantitative estimate of drug-likeness (QED) is 0.773. The first-order valence-corrected chi connectivity index (χ1v) is 8.59. The van der Waals surface area contributed by atoms with Crippen molar-refractivity contribution in [2.45, 2.75) is 44.9 Å². The van der Waals surface area contributed by atoms with Crippen LogP contribution in [-0.2, 0) is 6.54 Å². The predicted octanol–water partition coefficient (Wildman–Crippen LogP) is 4.77. The SMILES string of the molecule is CCC(CC)(CNCc1ccc(Br)c(C)c1)SC. The van der Waals surface area contributed by atoms with Crippen LogP contribution >= 0.6 is 27.7 Å². The molecule has 1 nitrogen and oxygen atoms in total. The molecule has 0 radical (unpaired) electrons. The van der Waals surface area contributed by atoms with E-state index in [1.165, 1.54) is 28.4 Å². The summed E-state index contributed by atoms with van der Waals surface area (Å²) in [6.45, 7) is 8.74. The van der Waals surface area contributed by atoms with Crippen LogP contribution in [0, 0.1) is 6.92 Å². The first-order chi connectivity index (χ1) is 8.56. The third-order valence-electron chi connectivity index (χ3n) is 3.72. The molecule has 0 aliphatic rings. The highest BCUT2D eigenvalue weighted by atomic mass is 79.9. The summed E-state index contributed by atoms with van der Waals surface area (Å²) in [5, 5.41) is 3.61. The molecule has 0 fully saturated rings. The van der Waals surface area contributed by atoms with Gasteiger partial charge in [-0.2, -0.15) is 11.8 Å². The third kappa shape index (κ3) is 4.29. The van der Waals surface area contributed by atoms with Crippen molar-refractivity contribution >= 4 is 27.7 Å². The van der Waals surface area contributed by atoms with E-state index in [-0.39, 0.29) is 0 Å². The molecule has 1 aromatic carbocycles. The van der Waals surface area contributed by atoms with E-state index >= 15 is 0 Å². The molecule has 1 N–H and O–H groups in total. The van der Waals surface area contributed by atoms with Crippen LogP contribution in [0.15, 0.2) is 22.7 Å². The van der Waals surface area contributed by atoms with Crippen molar-refractivity contribution in [3.8, 4) is 0 Å². The Hall–Kier alpha value is 0.01000. The molecule has 0 spiro atoms. The van der Waals surface area contributed by atoms with Gasteiger partial charge < -0.3 is 5.32 Å². The van der Waals surface area contributed by atoms with E-state index in [9.17, 15) is 0 Å². The van der Waals surface area contributed by atoms with Gasteiger partial charge >= 0.3 is 0 Å². The Morgan fingerprint density at radius 1 is 1.28 bits per heavy atom. The molecule has 0 heterocycles. The predicted molar refractivity (Wildman–Crippen MR) is 87.4 cm³/mol. The van der Waals surface area contributed by atoms with E-state index in [0.717, 1.165) is 13.1 Å². The molecule has 0 unspecified atom stereocenters. The zero-order chi connectivity index (χ0) is 13.6. The van der Waals surface area contributed by atoms with Gasteiger partial charge in [-0.25, -0.2) is 0 Å². The second-order valence-corrected chi connectivity index (χ2v) is 6.91. The number of hydrogen-bond acceptors (Lipinski definition) is 2. The Kier molecular flexibility index (Phi) is 6.75. The molecule has 0 amide bonds. The number of thioether (sulfide) groups is 1. The van der Waals surface area contributed by atoms with Gasteiger partial charge in [0.05, 0.1) is 0 Å². The number of nitrogens with one attached hydrogen (secondary N) is 1. The first kappa shape index (κ1) is 16.1. The number of rotatable bonds is 7. The lowest BCUT2D eigenvalue weighted by atomic mass is 10.0. The Labute approximate surface area is 124 Å². The van der Waals surface area contributed by atoms with Gasteiger partial charge in [-0.1, -0.05) is 41.9 Å². The summed E-state index contributed by atoms with van der Waals surface area (Å²) in [5.41, 5.74) is 2.66. The van der Waals surface area contributed by atoms with Crippen LogP contribution in [0.4, 0.5) is 0 Å². The lowest BCUT2D eigenvalue weighted by molar-refractivity contribution is 0.495. The Morgan fingerprint density at radius 2 is 1.94 bits per heavy atom. The molecular formula is C15H24BrNS. The smallest absolute Gasteiger partial charge is 0.0276 e. The van der Waals surface area contributed by atoms with Gasteiger partial charge in [-0.3, -0.25) is 0 Å². The van der Waals surface area contributed by atoms with Crippen molar-refractivity contribution < 1.29 is 0 Å². The molecule has 0 aliphatic heterocycles. The molecule has 0 saturated heterocycles. The molecule has 0 aliphatic carbocycles. The molecule has 102 valence electrons. The molecule has 1 aromatic rings. The fraction of sp³-hybridized carbons (Fsp3) is 0.600. The molecular weight excluding hydrogens is 306 g/mol. The van der Waals surface area contributed by atoms with E-state index in [1.54, 1.807) is 0 Å². The summed E-state index contributed by atoms with van der Waals surface area (Å²) in [5.74, 6) is 0. The van der Waals surface area contributed by atoms with Gasteiger partial charge in [0, 0.05) is 22.3 Å². The molecule has 0 atom stereocenters. The third-order valence-corrected chi connectivity index (χ3v) is 6.20. The van der Waals surface area contributed by atoms with Crippen molar-refractivity contribution in [2.24, 2.45) is 0 Å². The van der Waals surface area contributed by atoms with E-state index in [0.29, 0.717) is 4.75 Å². The molecule has 0 bridgehead atoms. The highest BCUT2D eigenvalue weighted by Crippen LogP contribution is 2.29. The Morgan fingerprint density at radius 3 is 2.44 bits per heavy atom. The van der Waals surface area contributed by atoms with E-state index in [1.807, 2.05) is 11.8 Å². The van der Waals surface area contributed by atoms with Crippen LogP contribution in [0.5, 0.6) is 0 Å².